The summed E-state index contributed by atoms with van der Waals surface area (Å²) in [5, 5.41) is 2.71. The third-order valence-electron chi connectivity index (χ3n) is 4.85. The Morgan fingerprint density at radius 3 is 2.29 bits per heavy atom. The molecule has 2 amide bonds. The second-order valence-corrected chi connectivity index (χ2v) is 6.73. The molecule has 0 spiro atoms. The summed E-state index contributed by atoms with van der Waals surface area (Å²) in [5.41, 5.74) is 3.61. The molecular formula is C23H19FN2O2. The van der Waals surface area contributed by atoms with Gasteiger partial charge in [-0.15, -0.1) is 0 Å². The molecule has 0 saturated carbocycles. The number of halogens is 1. The van der Waals surface area contributed by atoms with E-state index < -0.39 is 0 Å². The van der Waals surface area contributed by atoms with Crippen LogP contribution < -0.4 is 10.2 Å². The highest BCUT2D eigenvalue weighted by Crippen LogP contribution is 2.28. The molecule has 0 aromatic heterocycles. The average molecular weight is 374 g/mol. The third-order valence-corrected chi connectivity index (χ3v) is 4.85. The van der Waals surface area contributed by atoms with E-state index in [0.29, 0.717) is 23.4 Å². The number of benzene rings is 3. The Morgan fingerprint density at radius 2 is 1.54 bits per heavy atom. The van der Waals surface area contributed by atoms with Crippen LogP contribution in [0.4, 0.5) is 15.8 Å². The van der Waals surface area contributed by atoms with Gasteiger partial charge in [-0.2, -0.15) is 0 Å². The maximum absolute atomic E-state index is 13.0. The maximum Gasteiger partial charge on any atom is 0.258 e. The minimum absolute atomic E-state index is 0.0716. The second kappa shape index (κ2) is 7.64. The van der Waals surface area contributed by atoms with Gasteiger partial charge in [0.05, 0.1) is 0 Å². The number of rotatable bonds is 3. The number of nitrogens with one attached hydrogen (secondary N) is 1. The summed E-state index contributed by atoms with van der Waals surface area (Å²) in [5.74, 6) is -0.744. The van der Waals surface area contributed by atoms with Gasteiger partial charge in [0, 0.05) is 29.0 Å². The Morgan fingerprint density at radius 1 is 0.857 bits per heavy atom. The Kier molecular flexibility index (Phi) is 4.89. The fourth-order valence-corrected chi connectivity index (χ4v) is 3.40. The van der Waals surface area contributed by atoms with Crippen LogP contribution >= 0.6 is 0 Å². The predicted octanol–water partition coefficient (Wildman–Crippen LogP) is 4.67. The van der Waals surface area contributed by atoms with Gasteiger partial charge in [0.15, 0.2) is 0 Å². The summed E-state index contributed by atoms with van der Waals surface area (Å²) in [6.07, 6.45) is 1.91. The van der Waals surface area contributed by atoms with Crippen LogP contribution in [0.15, 0.2) is 72.8 Å². The summed E-state index contributed by atoms with van der Waals surface area (Å²) in [7, 11) is 0. The number of aryl methyl sites for hydroxylation is 1. The molecular weight excluding hydrogens is 355 g/mol. The molecule has 0 radical (unpaired) electrons. The van der Waals surface area contributed by atoms with E-state index in [1.54, 1.807) is 29.2 Å². The van der Waals surface area contributed by atoms with Gasteiger partial charge in [0.1, 0.15) is 5.82 Å². The van der Waals surface area contributed by atoms with E-state index in [1.807, 2.05) is 18.2 Å². The molecule has 5 heteroatoms. The Labute approximate surface area is 162 Å². The highest BCUT2D eigenvalue weighted by Gasteiger charge is 2.23. The van der Waals surface area contributed by atoms with E-state index in [-0.39, 0.29) is 17.6 Å². The SMILES string of the molecule is O=C(Nc1ccc(F)cc1)c1ccc(C(=O)N2CCCc3ccccc32)cc1. The largest absolute Gasteiger partial charge is 0.322 e. The highest BCUT2D eigenvalue weighted by atomic mass is 19.1. The molecule has 4 nitrogen and oxygen atoms in total. The van der Waals surface area contributed by atoms with Gasteiger partial charge in [-0.1, -0.05) is 18.2 Å². The Hall–Kier alpha value is -3.47. The standard InChI is InChI=1S/C23H19FN2O2/c24-19-11-13-20(14-12-19)25-22(27)17-7-9-18(10-8-17)23(28)26-15-3-5-16-4-1-2-6-21(16)26/h1-2,4,6-14H,3,5,15H2,(H,25,27). The molecule has 1 heterocycles. The molecule has 0 saturated heterocycles. The zero-order chi connectivity index (χ0) is 19.5. The number of nitrogens with zero attached hydrogens (tertiary/aromatic N) is 1. The van der Waals surface area contributed by atoms with E-state index in [1.165, 1.54) is 29.8 Å². The van der Waals surface area contributed by atoms with Gasteiger partial charge in [-0.25, -0.2) is 4.39 Å². The molecule has 0 atom stereocenters. The summed E-state index contributed by atoms with van der Waals surface area (Å²) in [6, 6.07) is 20.1. The first kappa shape index (κ1) is 17.9. The molecule has 3 aromatic carbocycles. The monoisotopic (exact) mass is 374 g/mol. The van der Waals surface area contributed by atoms with Crippen LogP contribution in [0.25, 0.3) is 0 Å². The number of para-hydroxylation sites is 1. The lowest BCUT2D eigenvalue weighted by Crippen LogP contribution is -2.35. The lowest BCUT2D eigenvalue weighted by Gasteiger charge is -2.29. The number of carbonyl (C=O) groups is 2. The lowest BCUT2D eigenvalue weighted by atomic mass is 10.0. The summed E-state index contributed by atoms with van der Waals surface area (Å²) >= 11 is 0. The zero-order valence-electron chi connectivity index (χ0n) is 15.2. The molecule has 0 aliphatic carbocycles. The van der Waals surface area contributed by atoms with Crippen LogP contribution in [0.5, 0.6) is 0 Å². The number of fused-ring (bicyclic) bond motifs is 1. The fourth-order valence-electron chi connectivity index (χ4n) is 3.40. The quantitative estimate of drug-likeness (QED) is 0.724. The topological polar surface area (TPSA) is 49.4 Å². The van der Waals surface area contributed by atoms with Crippen molar-refractivity contribution in [2.24, 2.45) is 0 Å². The average Bonchev–Trinajstić information content (AvgIpc) is 2.74. The van der Waals surface area contributed by atoms with Crippen LogP contribution in [-0.2, 0) is 6.42 Å². The van der Waals surface area contributed by atoms with Gasteiger partial charge in [-0.05, 0) is 73.0 Å². The van der Waals surface area contributed by atoms with Gasteiger partial charge in [0.25, 0.3) is 11.8 Å². The smallest absolute Gasteiger partial charge is 0.258 e. The van der Waals surface area contributed by atoms with Gasteiger partial charge >= 0.3 is 0 Å². The number of carbonyl (C=O) groups excluding carboxylic acids is 2. The van der Waals surface area contributed by atoms with E-state index in [0.717, 1.165) is 18.5 Å². The van der Waals surface area contributed by atoms with Crippen molar-refractivity contribution in [2.75, 3.05) is 16.8 Å². The Balaban J connectivity index is 1.49. The molecule has 0 bridgehead atoms. The first-order valence-corrected chi connectivity index (χ1v) is 9.18. The summed E-state index contributed by atoms with van der Waals surface area (Å²) < 4.78 is 13.0. The molecule has 1 N–H and O–H groups in total. The van der Waals surface area contributed by atoms with Crippen LogP contribution in [0.2, 0.25) is 0 Å². The minimum atomic E-state index is -0.361. The van der Waals surface area contributed by atoms with E-state index in [9.17, 15) is 14.0 Å². The number of hydrogen-bond donors (Lipinski definition) is 1. The Bertz CT molecular complexity index is 1010. The zero-order valence-corrected chi connectivity index (χ0v) is 15.2. The van der Waals surface area contributed by atoms with Crippen molar-refractivity contribution in [1.29, 1.82) is 0 Å². The van der Waals surface area contributed by atoms with Crippen LogP contribution in [-0.4, -0.2) is 18.4 Å². The second-order valence-electron chi connectivity index (χ2n) is 6.73. The predicted molar refractivity (Wildman–Crippen MR) is 107 cm³/mol. The van der Waals surface area contributed by atoms with E-state index in [4.69, 9.17) is 0 Å². The molecule has 4 rings (SSSR count). The number of anilines is 2. The fraction of sp³-hybridized carbons (Fsp3) is 0.130. The molecule has 1 aliphatic heterocycles. The van der Waals surface area contributed by atoms with E-state index in [2.05, 4.69) is 11.4 Å². The normalized spacial score (nSPS) is 13.0. The third kappa shape index (κ3) is 3.64. The minimum Gasteiger partial charge on any atom is -0.322 e. The van der Waals surface area contributed by atoms with Gasteiger partial charge in [-0.3, -0.25) is 9.59 Å². The van der Waals surface area contributed by atoms with Gasteiger partial charge < -0.3 is 10.2 Å². The lowest BCUT2D eigenvalue weighted by molar-refractivity contribution is 0.0982. The molecule has 3 aromatic rings. The first-order valence-electron chi connectivity index (χ1n) is 9.18. The summed E-state index contributed by atoms with van der Waals surface area (Å²) in [6.45, 7) is 0.683. The molecule has 1 aliphatic rings. The van der Waals surface area contributed by atoms with Crippen LogP contribution in [0.3, 0.4) is 0 Å². The van der Waals surface area contributed by atoms with Crippen LogP contribution in [0, 0.1) is 5.82 Å². The number of hydrogen-bond acceptors (Lipinski definition) is 2. The van der Waals surface area contributed by atoms with Gasteiger partial charge in [0.2, 0.25) is 0 Å². The molecule has 0 fully saturated rings. The van der Waals surface area contributed by atoms with Crippen molar-refractivity contribution < 1.29 is 14.0 Å². The molecule has 140 valence electrons. The van der Waals surface area contributed by atoms with Crippen molar-refractivity contribution >= 4 is 23.2 Å². The van der Waals surface area contributed by atoms with Crippen molar-refractivity contribution in [2.45, 2.75) is 12.8 Å². The van der Waals surface area contributed by atoms with Crippen molar-refractivity contribution in [3.63, 3.8) is 0 Å². The molecule has 28 heavy (non-hydrogen) atoms. The maximum atomic E-state index is 13.0. The first-order chi connectivity index (χ1) is 13.6. The van der Waals surface area contributed by atoms with E-state index >= 15 is 0 Å². The van der Waals surface area contributed by atoms with Crippen LogP contribution in [0.1, 0.15) is 32.7 Å². The summed E-state index contributed by atoms with van der Waals surface area (Å²) in [4.78, 5) is 27.1. The molecule has 0 unspecified atom stereocenters. The van der Waals surface area contributed by atoms with Crippen molar-refractivity contribution in [1.82, 2.24) is 0 Å². The number of amides is 2. The van der Waals surface area contributed by atoms with Crippen molar-refractivity contribution in [3.8, 4) is 0 Å². The van der Waals surface area contributed by atoms with Crippen molar-refractivity contribution in [3.05, 3.63) is 95.3 Å². The highest BCUT2D eigenvalue weighted by molar-refractivity contribution is 6.08.